The lowest BCUT2D eigenvalue weighted by Gasteiger charge is -2.25. The number of nitrogens with two attached hydrogens (primary N) is 1. The molecule has 1 aliphatic rings. The minimum absolute atomic E-state index is 0.0387. The summed E-state index contributed by atoms with van der Waals surface area (Å²) in [4.78, 5) is 0. The Hall–Kier alpha value is -2.36. The second kappa shape index (κ2) is 7.23. The first-order valence-corrected chi connectivity index (χ1v) is 9.48. The van der Waals surface area contributed by atoms with Crippen LogP contribution in [0.25, 0.3) is 11.3 Å². The lowest BCUT2D eigenvalue weighted by atomic mass is 9.83. The SMILES string of the molecule is N#CC1=C(N)Oc2n[nH]c(-c3ccc(Cl)c(Cl)c3)c2C1c1cccc(Cl)c1Cl. The van der Waals surface area contributed by atoms with Crippen molar-refractivity contribution >= 4 is 46.4 Å². The van der Waals surface area contributed by atoms with Gasteiger partial charge in [0.15, 0.2) is 0 Å². The van der Waals surface area contributed by atoms with Crippen LogP contribution < -0.4 is 10.5 Å². The second-order valence-electron chi connectivity index (χ2n) is 6.01. The molecule has 140 valence electrons. The van der Waals surface area contributed by atoms with E-state index in [2.05, 4.69) is 16.3 Å². The zero-order valence-corrected chi connectivity index (χ0v) is 17.0. The Bertz CT molecular complexity index is 1180. The third-order valence-corrected chi connectivity index (χ3v) is 6.01. The number of nitriles is 1. The number of halogens is 4. The van der Waals surface area contributed by atoms with E-state index in [9.17, 15) is 5.26 Å². The molecule has 4 rings (SSSR count). The molecule has 3 N–H and O–H groups in total. The number of hydrogen-bond acceptors (Lipinski definition) is 4. The van der Waals surface area contributed by atoms with Crippen molar-refractivity contribution in [3.8, 4) is 23.2 Å². The predicted molar refractivity (Wildman–Crippen MR) is 110 cm³/mol. The maximum Gasteiger partial charge on any atom is 0.244 e. The molecule has 28 heavy (non-hydrogen) atoms. The second-order valence-corrected chi connectivity index (χ2v) is 7.61. The van der Waals surface area contributed by atoms with Crippen molar-refractivity contribution < 1.29 is 4.74 Å². The van der Waals surface area contributed by atoms with Gasteiger partial charge in [0.25, 0.3) is 0 Å². The molecule has 1 unspecified atom stereocenters. The molecule has 2 heterocycles. The first-order valence-electron chi connectivity index (χ1n) is 7.97. The van der Waals surface area contributed by atoms with E-state index >= 15 is 0 Å². The van der Waals surface area contributed by atoms with Gasteiger partial charge in [-0.15, -0.1) is 5.10 Å². The number of H-pyrrole nitrogens is 1. The van der Waals surface area contributed by atoms with Crippen LogP contribution in [0.5, 0.6) is 5.88 Å². The summed E-state index contributed by atoms with van der Waals surface area (Å²) in [5, 5.41) is 18.4. The molecule has 1 aliphatic heterocycles. The Morgan fingerprint density at radius 2 is 1.86 bits per heavy atom. The number of allylic oxidation sites excluding steroid dienone is 1. The zero-order chi connectivity index (χ0) is 20.0. The van der Waals surface area contributed by atoms with Gasteiger partial charge in [0, 0.05) is 5.56 Å². The van der Waals surface area contributed by atoms with E-state index in [1.807, 2.05) is 0 Å². The highest BCUT2D eigenvalue weighted by Gasteiger charge is 2.37. The number of fused-ring (bicyclic) bond motifs is 1. The molecule has 0 saturated heterocycles. The van der Waals surface area contributed by atoms with Crippen LogP contribution in [0.3, 0.4) is 0 Å². The summed E-state index contributed by atoms with van der Waals surface area (Å²) in [7, 11) is 0. The Balaban J connectivity index is 1.99. The van der Waals surface area contributed by atoms with Gasteiger partial charge in [0.2, 0.25) is 11.8 Å². The van der Waals surface area contributed by atoms with Crippen molar-refractivity contribution in [1.29, 1.82) is 5.26 Å². The molecule has 2 aromatic carbocycles. The molecule has 0 fully saturated rings. The Morgan fingerprint density at radius 3 is 2.57 bits per heavy atom. The van der Waals surface area contributed by atoms with Gasteiger partial charge in [-0.3, -0.25) is 5.10 Å². The molecule has 1 aromatic heterocycles. The van der Waals surface area contributed by atoms with Crippen molar-refractivity contribution in [2.75, 3.05) is 0 Å². The predicted octanol–water partition coefficient (Wildman–Crippen LogP) is 5.91. The number of aromatic nitrogens is 2. The van der Waals surface area contributed by atoms with E-state index in [-0.39, 0.29) is 17.3 Å². The molecule has 0 radical (unpaired) electrons. The number of aromatic amines is 1. The molecule has 1 atom stereocenters. The van der Waals surface area contributed by atoms with Gasteiger partial charge in [-0.2, -0.15) is 5.26 Å². The molecular formula is C19H10Cl4N4O. The lowest BCUT2D eigenvalue weighted by Crippen LogP contribution is -2.21. The fraction of sp³-hybridized carbons (Fsp3) is 0.0526. The van der Waals surface area contributed by atoms with Gasteiger partial charge in [0.1, 0.15) is 11.6 Å². The van der Waals surface area contributed by atoms with Crippen LogP contribution >= 0.6 is 46.4 Å². The molecule has 5 nitrogen and oxygen atoms in total. The maximum atomic E-state index is 9.75. The first kappa shape index (κ1) is 19.0. The summed E-state index contributed by atoms with van der Waals surface area (Å²) in [6.45, 7) is 0. The quantitative estimate of drug-likeness (QED) is 0.506. The van der Waals surface area contributed by atoms with Crippen molar-refractivity contribution in [2.24, 2.45) is 5.73 Å². The van der Waals surface area contributed by atoms with Crippen molar-refractivity contribution in [3.05, 3.63) is 79.1 Å². The maximum absolute atomic E-state index is 9.75. The van der Waals surface area contributed by atoms with Gasteiger partial charge in [-0.25, -0.2) is 0 Å². The number of nitrogens with one attached hydrogen (secondary N) is 1. The van der Waals surface area contributed by atoms with Gasteiger partial charge in [-0.1, -0.05) is 64.6 Å². The van der Waals surface area contributed by atoms with E-state index in [0.29, 0.717) is 42.5 Å². The average Bonchev–Trinajstić information content (AvgIpc) is 3.08. The first-order chi connectivity index (χ1) is 13.4. The number of benzene rings is 2. The summed E-state index contributed by atoms with van der Waals surface area (Å²) in [6, 6.07) is 12.5. The standard InChI is InChI=1S/C19H10Cl4N4O/c20-11-5-4-8(6-13(11)22)17-15-14(9-2-1-3-12(21)16(9)23)10(7-24)18(25)28-19(15)27-26-17/h1-6,14H,25H2,(H,26,27). The van der Waals surface area contributed by atoms with Gasteiger partial charge in [0.05, 0.1) is 37.3 Å². The molecule has 0 amide bonds. The Labute approximate surface area is 180 Å². The van der Waals surface area contributed by atoms with E-state index in [4.69, 9.17) is 56.9 Å². The van der Waals surface area contributed by atoms with Crippen LogP contribution in [0.4, 0.5) is 0 Å². The summed E-state index contributed by atoms with van der Waals surface area (Å²) in [5.74, 6) is -0.412. The number of hydrogen-bond donors (Lipinski definition) is 2. The van der Waals surface area contributed by atoms with Gasteiger partial charge in [-0.05, 0) is 23.8 Å². The molecule has 0 spiro atoms. The highest BCUT2D eigenvalue weighted by Crippen LogP contribution is 2.48. The highest BCUT2D eigenvalue weighted by molar-refractivity contribution is 6.43. The number of ether oxygens (including phenoxy) is 1. The fourth-order valence-corrected chi connectivity index (χ4v) is 3.89. The molecule has 0 bridgehead atoms. The van der Waals surface area contributed by atoms with Crippen LogP contribution in [0.2, 0.25) is 20.1 Å². The third-order valence-electron chi connectivity index (χ3n) is 4.44. The average molecular weight is 452 g/mol. The summed E-state index contributed by atoms with van der Waals surface area (Å²) in [5.41, 5.74) is 8.72. The Kier molecular flexibility index (Phi) is 4.90. The van der Waals surface area contributed by atoms with Crippen LogP contribution in [-0.4, -0.2) is 10.2 Å². The van der Waals surface area contributed by atoms with E-state index in [1.54, 1.807) is 36.4 Å². The Morgan fingerprint density at radius 1 is 1.07 bits per heavy atom. The highest BCUT2D eigenvalue weighted by atomic mass is 35.5. The topological polar surface area (TPSA) is 87.7 Å². The molecular weight excluding hydrogens is 442 g/mol. The minimum Gasteiger partial charge on any atom is -0.420 e. The normalized spacial score (nSPS) is 15.8. The summed E-state index contributed by atoms with van der Waals surface area (Å²) < 4.78 is 5.57. The fourth-order valence-electron chi connectivity index (χ4n) is 3.17. The molecule has 0 aliphatic carbocycles. The largest absolute Gasteiger partial charge is 0.420 e. The minimum atomic E-state index is -0.622. The smallest absolute Gasteiger partial charge is 0.244 e. The van der Waals surface area contributed by atoms with Crippen molar-refractivity contribution in [2.45, 2.75) is 5.92 Å². The van der Waals surface area contributed by atoms with E-state index < -0.39 is 5.92 Å². The van der Waals surface area contributed by atoms with Crippen LogP contribution in [-0.2, 0) is 0 Å². The third kappa shape index (κ3) is 2.99. The summed E-state index contributed by atoms with van der Waals surface area (Å²) in [6.07, 6.45) is 0. The molecule has 9 heteroatoms. The van der Waals surface area contributed by atoms with Crippen LogP contribution in [0.15, 0.2) is 47.9 Å². The summed E-state index contributed by atoms with van der Waals surface area (Å²) >= 11 is 24.9. The lowest BCUT2D eigenvalue weighted by molar-refractivity contribution is 0.379. The number of nitrogens with zero attached hydrogens (tertiary/aromatic N) is 2. The van der Waals surface area contributed by atoms with E-state index in [0.717, 1.165) is 0 Å². The molecule has 0 saturated carbocycles. The monoisotopic (exact) mass is 450 g/mol. The van der Waals surface area contributed by atoms with Gasteiger partial charge < -0.3 is 10.5 Å². The van der Waals surface area contributed by atoms with Crippen LogP contribution in [0.1, 0.15) is 17.0 Å². The van der Waals surface area contributed by atoms with E-state index in [1.165, 1.54) is 0 Å². The molecule has 3 aromatic rings. The number of rotatable bonds is 2. The van der Waals surface area contributed by atoms with Gasteiger partial charge >= 0.3 is 0 Å². The van der Waals surface area contributed by atoms with Crippen LogP contribution in [0, 0.1) is 11.3 Å². The van der Waals surface area contributed by atoms with Crippen molar-refractivity contribution in [3.63, 3.8) is 0 Å². The zero-order valence-electron chi connectivity index (χ0n) is 13.9. The van der Waals surface area contributed by atoms with Crippen molar-refractivity contribution in [1.82, 2.24) is 10.2 Å².